The van der Waals surface area contributed by atoms with E-state index in [2.05, 4.69) is 24.3 Å². The number of anilines is 1. The average molecular weight is 330 g/mol. The van der Waals surface area contributed by atoms with Gasteiger partial charge in [-0.2, -0.15) is 13.8 Å². The van der Waals surface area contributed by atoms with Crippen LogP contribution in [-0.4, -0.2) is 43.5 Å². The molecule has 120 valence electrons. The minimum Gasteiger partial charge on any atom is -0.327 e. The van der Waals surface area contributed by atoms with Crippen molar-refractivity contribution in [2.24, 2.45) is 0 Å². The number of aromatic nitrogens is 4. The summed E-state index contributed by atoms with van der Waals surface area (Å²) in [5.74, 6) is 0. The minimum atomic E-state index is -0.163. The predicted molar refractivity (Wildman–Crippen MR) is 90.8 cm³/mol. The Morgan fingerprint density at radius 3 is 2.91 bits per heavy atom. The molecule has 0 radical (unpaired) electrons. The lowest BCUT2D eigenvalue weighted by atomic mass is 10.1. The lowest BCUT2D eigenvalue weighted by molar-refractivity contribution is 0.223. The zero-order chi connectivity index (χ0) is 16.4. The van der Waals surface area contributed by atoms with Gasteiger partial charge < -0.3 is 10.2 Å². The van der Waals surface area contributed by atoms with Crippen molar-refractivity contribution in [3.8, 4) is 0 Å². The van der Waals surface area contributed by atoms with Gasteiger partial charge in [0.25, 0.3) is 0 Å². The Bertz CT molecular complexity index is 820. The lowest BCUT2D eigenvalue weighted by Crippen LogP contribution is -2.33. The van der Waals surface area contributed by atoms with Gasteiger partial charge in [-0.25, -0.2) is 4.79 Å². The van der Waals surface area contributed by atoms with E-state index >= 15 is 0 Å². The number of amides is 2. The van der Waals surface area contributed by atoms with E-state index in [4.69, 9.17) is 0 Å². The third-order valence-corrected chi connectivity index (χ3v) is 4.39. The molecule has 2 aromatic heterocycles. The highest BCUT2D eigenvalue weighted by Gasteiger charge is 2.14. The van der Waals surface area contributed by atoms with Crippen LogP contribution in [0.2, 0.25) is 0 Å². The maximum Gasteiger partial charge on any atom is 0.321 e. The highest BCUT2D eigenvalue weighted by atomic mass is 32.1. The summed E-state index contributed by atoms with van der Waals surface area (Å²) >= 11 is 1.14. The molecule has 0 fully saturated rings. The van der Waals surface area contributed by atoms with Crippen LogP contribution in [0.3, 0.4) is 0 Å². The van der Waals surface area contributed by atoms with Gasteiger partial charge >= 0.3 is 6.03 Å². The zero-order valence-corrected chi connectivity index (χ0v) is 14.1. The van der Waals surface area contributed by atoms with Gasteiger partial charge in [0.2, 0.25) is 0 Å². The van der Waals surface area contributed by atoms with Crippen LogP contribution in [0.1, 0.15) is 17.0 Å². The van der Waals surface area contributed by atoms with Crippen LogP contribution < -0.4 is 5.32 Å². The number of fused-ring (bicyclic) bond motifs is 1. The second-order valence-corrected chi connectivity index (χ2v) is 5.98. The second kappa shape index (κ2) is 6.33. The SMILES string of the molecule is Cc1n[nH]c(C)c1CCN(C)C(=O)Nc1cccc2nsnc12. The number of carbonyl (C=O) groups excluding carboxylic acids is 1. The van der Waals surface area contributed by atoms with Crippen LogP contribution in [0.4, 0.5) is 10.5 Å². The fourth-order valence-corrected chi connectivity index (χ4v) is 2.99. The highest BCUT2D eigenvalue weighted by molar-refractivity contribution is 7.00. The number of rotatable bonds is 4. The number of hydrogen-bond donors (Lipinski definition) is 2. The molecule has 7 nitrogen and oxygen atoms in total. The molecule has 2 heterocycles. The summed E-state index contributed by atoms with van der Waals surface area (Å²) in [6.45, 7) is 4.57. The standard InChI is InChI=1S/C15H18N6OS/c1-9-11(10(2)18-17-9)7-8-21(3)15(22)16-12-5-4-6-13-14(12)20-23-19-13/h4-6H,7-8H2,1-3H3,(H,16,22)(H,17,18). The molecule has 0 atom stereocenters. The number of H-pyrrole nitrogens is 1. The summed E-state index contributed by atoms with van der Waals surface area (Å²) in [5.41, 5.74) is 5.39. The molecule has 3 aromatic rings. The lowest BCUT2D eigenvalue weighted by Gasteiger charge is -2.18. The first-order valence-electron chi connectivity index (χ1n) is 7.30. The molecular formula is C15H18N6OS. The number of nitrogens with one attached hydrogen (secondary N) is 2. The summed E-state index contributed by atoms with van der Waals surface area (Å²) in [4.78, 5) is 14.0. The van der Waals surface area contributed by atoms with E-state index in [1.165, 1.54) is 0 Å². The van der Waals surface area contributed by atoms with Crippen molar-refractivity contribution in [1.82, 2.24) is 23.8 Å². The first-order valence-corrected chi connectivity index (χ1v) is 8.03. The number of benzene rings is 1. The Morgan fingerprint density at radius 2 is 2.17 bits per heavy atom. The molecule has 2 N–H and O–H groups in total. The molecule has 23 heavy (non-hydrogen) atoms. The first kappa shape index (κ1) is 15.4. The molecular weight excluding hydrogens is 312 g/mol. The summed E-state index contributed by atoms with van der Waals surface area (Å²) in [6, 6.07) is 5.41. The van der Waals surface area contributed by atoms with Crippen LogP contribution in [0, 0.1) is 13.8 Å². The average Bonchev–Trinajstić information content (AvgIpc) is 3.13. The number of carbonyl (C=O) groups is 1. The minimum absolute atomic E-state index is 0.163. The Hall–Kier alpha value is -2.48. The molecule has 0 spiro atoms. The van der Waals surface area contributed by atoms with Crippen LogP contribution in [0.15, 0.2) is 18.2 Å². The monoisotopic (exact) mass is 330 g/mol. The Labute approximate surface area is 138 Å². The summed E-state index contributed by atoms with van der Waals surface area (Å²) < 4.78 is 8.40. The molecule has 0 unspecified atom stereocenters. The number of urea groups is 1. The number of hydrogen-bond acceptors (Lipinski definition) is 5. The second-order valence-electron chi connectivity index (χ2n) is 5.45. The number of aryl methyl sites for hydroxylation is 2. The topological polar surface area (TPSA) is 86.8 Å². The normalized spacial score (nSPS) is 10.9. The summed E-state index contributed by atoms with van der Waals surface area (Å²) in [5, 5.41) is 10.0. The predicted octanol–water partition coefficient (Wildman–Crippen LogP) is 2.74. The van der Waals surface area contributed by atoms with E-state index in [0.717, 1.165) is 46.1 Å². The smallest absolute Gasteiger partial charge is 0.321 e. The maximum atomic E-state index is 12.4. The molecule has 0 aliphatic heterocycles. The van der Waals surface area contributed by atoms with Gasteiger partial charge in [-0.15, -0.1) is 0 Å². The highest BCUT2D eigenvalue weighted by Crippen LogP contribution is 2.21. The van der Waals surface area contributed by atoms with E-state index in [1.54, 1.807) is 11.9 Å². The molecule has 0 saturated carbocycles. The zero-order valence-electron chi connectivity index (χ0n) is 13.3. The van der Waals surface area contributed by atoms with E-state index in [1.807, 2.05) is 32.0 Å². The maximum absolute atomic E-state index is 12.4. The van der Waals surface area contributed by atoms with Gasteiger partial charge in [0.15, 0.2) is 0 Å². The molecule has 2 amide bonds. The summed E-state index contributed by atoms with van der Waals surface area (Å²) in [7, 11) is 1.78. The third kappa shape index (κ3) is 3.16. The van der Waals surface area contributed by atoms with Crippen molar-refractivity contribution in [3.63, 3.8) is 0 Å². The van der Waals surface area contributed by atoms with Crippen molar-refractivity contribution in [2.75, 3.05) is 18.9 Å². The van der Waals surface area contributed by atoms with Gasteiger partial charge in [0.05, 0.1) is 23.1 Å². The largest absolute Gasteiger partial charge is 0.327 e. The van der Waals surface area contributed by atoms with Crippen LogP contribution in [0.5, 0.6) is 0 Å². The first-order chi connectivity index (χ1) is 11.1. The van der Waals surface area contributed by atoms with E-state index in [0.29, 0.717) is 12.2 Å². The van der Waals surface area contributed by atoms with Crippen molar-refractivity contribution in [3.05, 3.63) is 35.2 Å². The molecule has 0 saturated heterocycles. The van der Waals surface area contributed by atoms with E-state index in [9.17, 15) is 4.79 Å². The molecule has 0 aliphatic rings. The van der Waals surface area contributed by atoms with E-state index in [-0.39, 0.29) is 6.03 Å². The van der Waals surface area contributed by atoms with Crippen LogP contribution in [-0.2, 0) is 6.42 Å². The van der Waals surface area contributed by atoms with Gasteiger partial charge in [-0.1, -0.05) is 6.07 Å². The number of nitrogens with zero attached hydrogens (tertiary/aromatic N) is 4. The molecule has 8 heteroatoms. The molecule has 0 aliphatic carbocycles. The van der Waals surface area contributed by atoms with Gasteiger partial charge in [0, 0.05) is 19.3 Å². The van der Waals surface area contributed by atoms with Crippen LogP contribution >= 0.6 is 11.7 Å². The van der Waals surface area contributed by atoms with Crippen LogP contribution in [0.25, 0.3) is 11.0 Å². The van der Waals surface area contributed by atoms with Gasteiger partial charge in [-0.3, -0.25) is 5.10 Å². The van der Waals surface area contributed by atoms with E-state index < -0.39 is 0 Å². The van der Waals surface area contributed by atoms with Gasteiger partial charge in [0.1, 0.15) is 11.0 Å². The fourth-order valence-electron chi connectivity index (χ4n) is 2.44. The molecule has 0 bridgehead atoms. The molecule has 3 rings (SSSR count). The number of aromatic amines is 1. The number of likely N-dealkylation sites (N-methyl/N-ethyl adjacent to an activating group) is 1. The van der Waals surface area contributed by atoms with Crippen molar-refractivity contribution < 1.29 is 4.79 Å². The van der Waals surface area contributed by atoms with Crippen molar-refractivity contribution in [1.29, 1.82) is 0 Å². The quantitative estimate of drug-likeness (QED) is 0.770. The third-order valence-electron chi connectivity index (χ3n) is 3.85. The van der Waals surface area contributed by atoms with Crippen molar-refractivity contribution >= 4 is 34.5 Å². The Balaban J connectivity index is 1.65. The molecule has 1 aromatic carbocycles. The fraction of sp³-hybridized carbons (Fsp3) is 0.333. The Kier molecular flexibility index (Phi) is 4.24. The summed E-state index contributed by atoms with van der Waals surface area (Å²) in [6.07, 6.45) is 0.764. The van der Waals surface area contributed by atoms with Crippen molar-refractivity contribution in [2.45, 2.75) is 20.3 Å². The Morgan fingerprint density at radius 1 is 1.35 bits per heavy atom. The van der Waals surface area contributed by atoms with Gasteiger partial charge in [-0.05, 0) is 38.0 Å².